The van der Waals surface area contributed by atoms with E-state index in [0.29, 0.717) is 0 Å². The Kier molecular flexibility index (Phi) is 5.87. The van der Waals surface area contributed by atoms with E-state index in [0.717, 1.165) is 19.1 Å². The number of aliphatic hydroxyl groups excluding tert-OH is 1. The first-order valence-electron chi connectivity index (χ1n) is 2.63. The van der Waals surface area contributed by atoms with Crippen LogP contribution in [0.5, 0.6) is 0 Å². The highest BCUT2D eigenvalue weighted by Crippen LogP contribution is 1.86. The summed E-state index contributed by atoms with van der Waals surface area (Å²) >= 11 is 0. The molecule has 0 saturated carbocycles. The van der Waals surface area contributed by atoms with Crippen LogP contribution in [-0.2, 0) is 4.79 Å². The molecule has 0 bridgehead atoms. The summed E-state index contributed by atoms with van der Waals surface area (Å²) in [7, 11) is 0. The first kappa shape index (κ1) is 7.37. The summed E-state index contributed by atoms with van der Waals surface area (Å²) in [6.07, 6.45) is 5.44. The summed E-state index contributed by atoms with van der Waals surface area (Å²) in [5.41, 5.74) is 0. The highest BCUT2D eigenvalue weighted by atomic mass is 16.2. The molecule has 0 aromatic rings. The molecule has 0 aliphatic heterocycles. The predicted octanol–water partition coefficient (Wildman–Crippen LogP) is 0.514. The second-order valence-corrected chi connectivity index (χ2v) is 1.43. The fraction of sp³-hybridized carbons (Fsp3) is 0.500. The minimum atomic E-state index is 0.198. The summed E-state index contributed by atoms with van der Waals surface area (Å²) in [5.74, 6) is 0. The Morgan fingerprint density at radius 1 is 1.50 bits per heavy atom. The van der Waals surface area contributed by atoms with Gasteiger partial charge in [-0.3, -0.25) is 4.79 Å². The molecule has 0 amide bonds. The van der Waals surface area contributed by atoms with Crippen molar-refractivity contribution in [2.75, 3.05) is 6.61 Å². The number of carbonyl (C=O) groups is 1. The Morgan fingerprint density at radius 2 is 2.25 bits per heavy atom. The molecule has 0 heterocycles. The van der Waals surface area contributed by atoms with Gasteiger partial charge in [0.1, 0.15) is 6.29 Å². The molecule has 0 aliphatic carbocycles. The van der Waals surface area contributed by atoms with E-state index in [1.165, 1.54) is 6.08 Å². The third-order valence-corrected chi connectivity index (χ3v) is 0.744. The van der Waals surface area contributed by atoms with Gasteiger partial charge in [0, 0.05) is 6.61 Å². The summed E-state index contributed by atoms with van der Waals surface area (Å²) in [6.45, 7) is 0.198. The molecule has 0 fully saturated rings. The third-order valence-electron chi connectivity index (χ3n) is 0.744. The third kappa shape index (κ3) is 5.37. The van der Waals surface area contributed by atoms with E-state index >= 15 is 0 Å². The van der Waals surface area contributed by atoms with Crippen LogP contribution in [0.4, 0.5) is 0 Å². The largest absolute Gasteiger partial charge is 0.396 e. The Balaban J connectivity index is 2.91. The van der Waals surface area contributed by atoms with E-state index in [4.69, 9.17) is 5.11 Å². The van der Waals surface area contributed by atoms with Crippen molar-refractivity contribution < 1.29 is 9.90 Å². The SMILES string of the molecule is O=C/C=C\CCCO. The highest BCUT2D eigenvalue weighted by Gasteiger charge is 1.75. The lowest BCUT2D eigenvalue weighted by Gasteiger charge is -1.83. The minimum absolute atomic E-state index is 0.198. The first-order chi connectivity index (χ1) is 3.91. The van der Waals surface area contributed by atoms with Crippen molar-refractivity contribution >= 4 is 6.29 Å². The second kappa shape index (κ2) is 6.37. The van der Waals surface area contributed by atoms with Gasteiger partial charge >= 0.3 is 0 Å². The molecule has 0 saturated heterocycles. The van der Waals surface area contributed by atoms with Crippen molar-refractivity contribution in [3.8, 4) is 0 Å². The van der Waals surface area contributed by atoms with Crippen molar-refractivity contribution in [2.24, 2.45) is 0 Å². The maximum atomic E-state index is 9.62. The molecule has 46 valence electrons. The van der Waals surface area contributed by atoms with Crippen molar-refractivity contribution in [1.82, 2.24) is 0 Å². The van der Waals surface area contributed by atoms with Crippen LogP contribution in [0.3, 0.4) is 0 Å². The number of hydrogen-bond acceptors (Lipinski definition) is 2. The van der Waals surface area contributed by atoms with Crippen LogP contribution in [-0.4, -0.2) is 18.0 Å². The predicted molar refractivity (Wildman–Crippen MR) is 31.5 cm³/mol. The molecular formula is C6H10O2. The van der Waals surface area contributed by atoms with Crippen molar-refractivity contribution in [3.05, 3.63) is 12.2 Å². The zero-order valence-corrected chi connectivity index (χ0v) is 4.71. The van der Waals surface area contributed by atoms with Crippen LogP contribution in [0, 0.1) is 0 Å². The monoisotopic (exact) mass is 114 g/mol. The maximum absolute atomic E-state index is 9.62. The number of rotatable bonds is 4. The molecule has 1 N–H and O–H groups in total. The average Bonchev–Trinajstić information content (AvgIpc) is 1.81. The molecule has 2 heteroatoms. The van der Waals surface area contributed by atoms with E-state index in [1.54, 1.807) is 6.08 Å². The van der Waals surface area contributed by atoms with E-state index in [1.807, 2.05) is 0 Å². The van der Waals surface area contributed by atoms with Gasteiger partial charge in [0.05, 0.1) is 0 Å². The van der Waals surface area contributed by atoms with Gasteiger partial charge < -0.3 is 5.11 Å². The molecule has 0 radical (unpaired) electrons. The van der Waals surface area contributed by atoms with E-state index in [-0.39, 0.29) is 6.61 Å². The minimum Gasteiger partial charge on any atom is -0.396 e. The first-order valence-corrected chi connectivity index (χ1v) is 2.63. The van der Waals surface area contributed by atoms with E-state index < -0.39 is 0 Å². The second-order valence-electron chi connectivity index (χ2n) is 1.43. The van der Waals surface area contributed by atoms with Gasteiger partial charge in [-0.2, -0.15) is 0 Å². The molecule has 2 nitrogen and oxygen atoms in total. The summed E-state index contributed by atoms with van der Waals surface area (Å²) in [4.78, 5) is 9.62. The van der Waals surface area contributed by atoms with Gasteiger partial charge in [0.25, 0.3) is 0 Å². The van der Waals surface area contributed by atoms with E-state index in [9.17, 15) is 4.79 Å². The summed E-state index contributed by atoms with van der Waals surface area (Å²) in [6, 6.07) is 0. The Bertz CT molecular complexity index is 76.6. The molecule has 0 rings (SSSR count). The molecule has 0 aromatic heterocycles. The summed E-state index contributed by atoms with van der Waals surface area (Å²) < 4.78 is 0. The average molecular weight is 114 g/mol. The van der Waals surface area contributed by atoms with Crippen LogP contribution < -0.4 is 0 Å². The fourth-order valence-electron chi connectivity index (χ4n) is 0.361. The summed E-state index contributed by atoms with van der Waals surface area (Å²) in [5, 5.41) is 8.24. The quantitative estimate of drug-likeness (QED) is 0.328. The molecule has 0 spiro atoms. The number of unbranched alkanes of at least 4 members (excludes halogenated alkanes) is 1. The standard InChI is InChI=1S/C6H10O2/c7-5-3-1-2-4-6-8/h1,3,5,8H,2,4,6H2/b3-1-. The van der Waals surface area contributed by atoms with E-state index in [2.05, 4.69) is 0 Å². The molecule has 8 heavy (non-hydrogen) atoms. The van der Waals surface area contributed by atoms with Gasteiger partial charge in [-0.25, -0.2) is 0 Å². The topological polar surface area (TPSA) is 37.3 Å². The lowest BCUT2D eigenvalue weighted by molar-refractivity contribution is -0.104. The lowest BCUT2D eigenvalue weighted by Crippen LogP contribution is -1.77. The molecule has 0 unspecified atom stereocenters. The van der Waals surface area contributed by atoms with Gasteiger partial charge in [0.15, 0.2) is 0 Å². The number of carbonyl (C=O) groups excluding carboxylic acids is 1. The lowest BCUT2D eigenvalue weighted by atomic mass is 10.3. The zero-order chi connectivity index (χ0) is 6.24. The van der Waals surface area contributed by atoms with Gasteiger partial charge in [-0.15, -0.1) is 0 Å². The zero-order valence-electron chi connectivity index (χ0n) is 4.71. The van der Waals surface area contributed by atoms with Gasteiger partial charge in [-0.1, -0.05) is 6.08 Å². The number of hydrogen-bond donors (Lipinski definition) is 1. The number of aliphatic hydroxyl groups is 1. The Hall–Kier alpha value is -0.630. The van der Waals surface area contributed by atoms with Crippen molar-refractivity contribution in [3.63, 3.8) is 0 Å². The molecule has 0 atom stereocenters. The number of aldehydes is 1. The Morgan fingerprint density at radius 3 is 2.75 bits per heavy atom. The maximum Gasteiger partial charge on any atom is 0.142 e. The van der Waals surface area contributed by atoms with Crippen LogP contribution in [0.25, 0.3) is 0 Å². The fourth-order valence-corrected chi connectivity index (χ4v) is 0.361. The molecule has 0 aromatic carbocycles. The molecular weight excluding hydrogens is 104 g/mol. The van der Waals surface area contributed by atoms with Crippen LogP contribution in [0.15, 0.2) is 12.2 Å². The van der Waals surface area contributed by atoms with Crippen LogP contribution in [0.1, 0.15) is 12.8 Å². The van der Waals surface area contributed by atoms with Crippen LogP contribution in [0.2, 0.25) is 0 Å². The molecule has 0 aliphatic rings. The van der Waals surface area contributed by atoms with Crippen molar-refractivity contribution in [1.29, 1.82) is 0 Å². The smallest absolute Gasteiger partial charge is 0.142 e. The highest BCUT2D eigenvalue weighted by molar-refractivity contribution is 5.64. The van der Waals surface area contributed by atoms with Gasteiger partial charge in [0.2, 0.25) is 0 Å². The Labute approximate surface area is 48.8 Å². The van der Waals surface area contributed by atoms with Crippen molar-refractivity contribution in [2.45, 2.75) is 12.8 Å². The normalized spacial score (nSPS) is 10.1. The number of allylic oxidation sites excluding steroid dienone is 2. The van der Waals surface area contributed by atoms with Gasteiger partial charge in [-0.05, 0) is 18.9 Å². The van der Waals surface area contributed by atoms with Crippen LogP contribution >= 0.6 is 0 Å².